The molecule has 0 unspecified atom stereocenters. The lowest BCUT2D eigenvalue weighted by Crippen LogP contribution is -2.55. The predicted molar refractivity (Wildman–Crippen MR) is 71.5 cm³/mol. The van der Waals surface area contributed by atoms with Crippen molar-refractivity contribution in [3.63, 3.8) is 0 Å². The highest BCUT2D eigenvalue weighted by atomic mass is 16.2. The minimum absolute atomic E-state index is 0.396. The number of hydrogen-bond acceptors (Lipinski definition) is 4. The second-order valence-corrected chi connectivity index (χ2v) is 4.55. The van der Waals surface area contributed by atoms with Gasteiger partial charge in [-0.15, -0.1) is 0 Å². The van der Waals surface area contributed by atoms with E-state index < -0.39 is 11.9 Å². The van der Waals surface area contributed by atoms with Crippen LogP contribution >= 0.6 is 0 Å². The second-order valence-electron chi connectivity index (χ2n) is 4.55. The molecule has 6 nitrogen and oxygen atoms in total. The summed E-state index contributed by atoms with van der Waals surface area (Å²) in [6, 6.07) is 8.18. The molecule has 0 spiro atoms. The number of carbonyl (C=O) groups is 2. The lowest BCUT2D eigenvalue weighted by molar-refractivity contribution is 0.0925. The van der Waals surface area contributed by atoms with E-state index in [4.69, 9.17) is 0 Å². The van der Waals surface area contributed by atoms with Crippen LogP contribution in [0.1, 0.15) is 10.4 Å². The third-order valence-corrected chi connectivity index (χ3v) is 3.03. The van der Waals surface area contributed by atoms with Crippen molar-refractivity contribution in [2.75, 3.05) is 33.2 Å². The molecule has 6 heteroatoms. The Morgan fingerprint density at radius 1 is 1.05 bits per heavy atom. The number of carbonyl (C=O) groups excluding carboxylic acids is 2. The minimum Gasteiger partial charge on any atom is -0.304 e. The Kier molecular flexibility index (Phi) is 4.48. The van der Waals surface area contributed by atoms with Crippen LogP contribution in [0.25, 0.3) is 0 Å². The van der Waals surface area contributed by atoms with Crippen LogP contribution in [0.5, 0.6) is 0 Å². The van der Waals surface area contributed by atoms with Crippen molar-refractivity contribution in [1.29, 1.82) is 0 Å². The fourth-order valence-electron chi connectivity index (χ4n) is 1.85. The fourth-order valence-corrected chi connectivity index (χ4v) is 1.85. The number of hydrogen-bond donors (Lipinski definition) is 2. The van der Waals surface area contributed by atoms with Crippen LogP contribution in [0.2, 0.25) is 0 Å². The molecule has 0 bridgehead atoms. The monoisotopic (exact) mass is 262 g/mol. The Balaban J connectivity index is 1.80. The van der Waals surface area contributed by atoms with Crippen LogP contribution < -0.4 is 10.7 Å². The van der Waals surface area contributed by atoms with E-state index in [9.17, 15) is 9.59 Å². The first-order valence-electron chi connectivity index (χ1n) is 6.25. The summed E-state index contributed by atoms with van der Waals surface area (Å²) in [6.45, 7) is 3.30. The number of nitrogens with one attached hydrogen (secondary N) is 2. The summed E-state index contributed by atoms with van der Waals surface area (Å²) in [7, 11) is 2.04. The maximum Gasteiger partial charge on any atom is 0.336 e. The molecular formula is C13H18N4O2. The molecule has 2 N–H and O–H groups in total. The molecule has 1 aromatic carbocycles. The first-order chi connectivity index (χ1) is 9.15. The van der Waals surface area contributed by atoms with Crippen molar-refractivity contribution in [3.8, 4) is 0 Å². The summed E-state index contributed by atoms with van der Waals surface area (Å²) in [6.07, 6.45) is 0. The van der Waals surface area contributed by atoms with Gasteiger partial charge in [-0.1, -0.05) is 18.2 Å². The highest BCUT2D eigenvalue weighted by Gasteiger charge is 2.17. The lowest BCUT2D eigenvalue weighted by atomic mass is 10.2. The van der Waals surface area contributed by atoms with E-state index in [0.717, 1.165) is 26.2 Å². The van der Waals surface area contributed by atoms with Crippen molar-refractivity contribution in [3.05, 3.63) is 35.9 Å². The molecule has 3 amide bonds. The first-order valence-corrected chi connectivity index (χ1v) is 6.25. The van der Waals surface area contributed by atoms with Gasteiger partial charge in [-0.3, -0.25) is 15.5 Å². The van der Waals surface area contributed by atoms with Crippen molar-refractivity contribution in [1.82, 2.24) is 20.7 Å². The van der Waals surface area contributed by atoms with Gasteiger partial charge in [0.15, 0.2) is 0 Å². The minimum atomic E-state index is -0.488. The molecule has 0 radical (unpaired) electrons. The maximum atomic E-state index is 11.8. The standard InChI is InChI=1S/C13H18N4O2/c1-16-7-9-17(10-8-16)15-13(19)14-12(18)11-5-3-2-4-6-11/h2-6H,7-10H2,1H3,(H2,14,15,18,19). The highest BCUT2D eigenvalue weighted by Crippen LogP contribution is 1.98. The summed E-state index contributed by atoms with van der Waals surface area (Å²) in [5.74, 6) is -0.396. The van der Waals surface area contributed by atoms with Gasteiger partial charge >= 0.3 is 6.03 Å². The van der Waals surface area contributed by atoms with Gasteiger partial charge in [-0.05, 0) is 19.2 Å². The molecule has 1 aliphatic heterocycles. The quantitative estimate of drug-likeness (QED) is 0.804. The number of hydrazine groups is 1. The fraction of sp³-hybridized carbons (Fsp3) is 0.385. The molecule has 0 aromatic heterocycles. The van der Waals surface area contributed by atoms with E-state index in [1.807, 2.05) is 18.1 Å². The number of urea groups is 1. The molecular weight excluding hydrogens is 244 g/mol. The van der Waals surface area contributed by atoms with E-state index in [2.05, 4.69) is 15.6 Å². The largest absolute Gasteiger partial charge is 0.336 e. The maximum absolute atomic E-state index is 11.8. The summed E-state index contributed by atoms with van der Waals surface area (Å²) < 4.78 is 0. The average Bonchev–Trinajstić information content (AvgIpc) is 2.42. The molecule has 1 heterocycles. The van der Waals surface area contributed by atoms with Crippen LogP contribution in [0.15, 0.2) is 30.3 Å². The molecule has 0 atom stereocenters. The Morgan fingerprint density at radius 3 is 2.32 bits per heavy atom. The van der Waals surface area contributed by atoms with Gasteiger partial charge in [0.2, 0.25) is 0 Å². The van der Waals surface area contributed by atoms with Crippen molar-refractivity contribution >= 4 is 11.9 Å². The van der Waals surface area contributed by atoms with E-state index in [-0.39, 0.29) is 0 Å². The smallest absolute Gasteiger partial charge is 0.304 e. The number of imide groups is 1. The van der Waals surface area contributed by atoms with E-state index in [0.29, 0.717) is 5.56 Å². The number of piperazine rings is 1. The van der Waals surface area contributed by atoms with Gasteiger partial charge in [0.25, 0.3) is 5.91 Å². The molecule has 1 aromatic rings. The zero-order chi connectivity index (χ0) is 13.7. The van der Waals surface area contributed by atoms with Gasteiger partial charge in [0.05, 0.1) is 0 Å². The van der Waals surface area contributed by atoms with Gasteiger partial charge in [-0.2, -0.15) is 0 Å². The zero-order valence-electron chi connectivity index (χ0n) is 10.9. The van der Waals surface area contributed by atoms with E-state index in [1.54, 1.807) is 24.3 Å². The Bertz CT molecular complexity index is 441. The summed E-state index contributed by atoms with van der Waals surface area (Å²) in [5, 5.41) is 4.12. The van der Waals surface area contributed by atoms with Gasteiger partial charge in [0, 0.05) is 31.7 Å². The zero-order valence-corrected chi connectivity index (χ0v) is 10.9. The number of rotatable bonds is 2. The molecule has 1 saturated heterocycles. The predicted octanol–water partition coefficient (Wildman–Crippen LogP) is 0.288. The summed E-state index contributed by atoms with van der Waals surface area (Å²) in [4.78, 5) is 25.6. The van der Waals surface area contributed by atoms with Crippen molar-refractivity contribution < 1.29 is 9.59 Å². The molecule has 0 saturated carbocycles. The molecule has 1 fully saturated rings. The van der Waals surface area contributed by atoms with Gasteiger partial charge in [-0.25, -0.2) is 9.80 Å². The summed E-state index contributed by atoms with van der Waals surface area (Å²) >= 11 is 0. The van der Waals surface area contributed by atoms with E-state index >= 15 is 0 Å². The highest BCUT2D eigenvalue weighted by molar-refractivity contribution is 6.04. The van der Waals surface area contributed by atoms with Gasteiger partial charge < -0.3 is 4.90 Å². The number of nitrogens with zero attached hydrogens (tertiary/aromatic N) is 2. The average molecular weight is 262 g/mol. The molecule has 102 valence electrons. The number of benzene rings is 1. The molecule has 0 aliphatic carbocycles. The van der Waals surface area contributed by atoms with Crippen LogP contribution in [0, 0.1) is 0 Å². The van der Waals surface area contributed by atoms with Crippen molar-refractivity contribution in [2.45, 2.75) is 0 Å². The Hall–Kier alpha value is -1.92. The van der Waals surface area contributed by atoms with Crippen LogP contribution in [-0.4, -0.2) is 55.1 Å². The third-order valence-electron chi connectivity index (χ3n) is 3.03. The van der Waals surface area contributed by atoms with Crippen molar-refractivity contribution in [2.24, 2.45) is 0 Å². The second kappa shape index (κ2) is 6.31. The Labute approximate surface area is 112 Å². The molecule has 19 heavy (non-hydrogen) atoms. The van der Waals surface area contributed by atoms with Crippen LogP contribution in [0.4, 0.5) is 4.79 Å². The normalized spacial score (nSPS) is 16.9. The van der Waals surface area contributed by atoms with Crippen LogP contribution in [-0.2, 0) is 0 Å². The third kappa shape index (κ3) is 4.04. The number of likely N-dealkylation sites (N-methyl/N-ethyl adjacent to an activating group) is 1. The van der Waals surface area contributed by atoms with Gasteiger partial charge in [0.1, 0.15) is 0 Å². The first kappa shape index (κ1) is 13.5. The molecule has 2 rings (SSSR count). The lowest BCUT2D eigenvalue weighted by Gasteiger charge is -2.32. The number of amides is 3. The summed E-state index contributed by atoms with van der Waals surface area (Å²) in [5.41, 5.74) is 3.14. The van der Waals surface area contributed by atoms with E-state index in [1.165, 1.54) is 0 Å². The molecule has 1 aliphatic rings. The SMILES string of the molecule is CN1CCN(NC(=O)NC(=O)c2ccccc2)CC1. The van der Waals surface area contributed by atoms with Crippen LogP contribution in [0.3, 0.4) is 0 Å². The topological polar surface area (TPSA) is 64.7 Å². The Morgan fingerprint density at radius 2 is 1.68 bits per heavy atom.